The van der Waals surface area contributed by atoms with Crippen LogP contribution in [0, 0.1) is 19.8 Å². The van der Waals surface area contributed by atoms with E-state index in [-0.39, 0.29) is 0 Å². The van der Waals surface area contributed by atoms with Crippen LogP contribution in [0.4, 0.5) is 4.39 Å². The summed E-state index contributed by atoms with van der Waals surface area (Å²) in [6.45, 7) is 3.93. The molecule has 0 aliphatic heterocycles. The Balaban J connectivity index is 2.88. The average Bonchev–Trinajstić information content (AvgIpc) is 2.31. The molecule has 0 bridgehead atoms. The number of nitrogens with zero attached hydrogens (tertiary/aromatic N) is 1. The number of H-pyrrole nitrogens is 1. The highest BCUT2D eigenvalue weighted by atomic mass is 19.1. The summed E-state index contributed by atoms with van der Waals surface area (Å²) < 4.78 is 12.7. The predicted octanol–water partition coefficient (Wildman–Crippen LogP) is 2.32. The van der Waals surface area contributed by atoms with Crippen molar-refractivity contribution in [1.29, 1.82) is 0 Å². The maximum absolute atomic E-state index is 12.7. The number of hydrogen-bond acceptors (Lipinski definition) is 1. The van der Waals surface area contributed by atoms with Gasteiger partial charge in [0.1, 0.15) is 0 Å². The standard InChI is InChI=1S/C9H9FN2/c1-5-6(2)12-8-4-11-9(10)3-7(5)8/h3-4,12H,1-2H3. The molecule has 2 rings (SSSR count). The zero-order valence-corrected chi connectivity index (χ0v) is 6.98. The molecule has 2 heterocycles. The maximum Gasteiger partial charge on any atom is 0.213 e. The molecule has 0 atom stereocenters. The third-order valence-corrected chi connectivity index (χ3v) is 2.16. The van der Waals surface area contributed by atoms with Crippen LogP contribution in [-0.4, -0.2) is 9.97 Å². The first-order chi connectivity index (χ1) is 5.68. The van der Waals surface area contributed by atoms with E-state index in [0.717, 1.165) is 22.2 Å². The van der Waals surface area contributed by atoms with E-state index in [9.17, 15) is 4.39 Å². The molecular formula is C9H9FN2. The van der Waals surface area contributed by atoms with Gasteiger partial charge in [-0.15, -0.1) is 0 Å². The van der Waals surface area contributed by atoms with Crippen LogP contribution in [0.15, 0.2) is 12.3 Å². The summed E-state index contributed by atoms with van der Waals surface area (Å²) in [6, 6.07) is 1.45. The van der Waals surface area contributed by atoms with Crippen LogP contribution in [0.3, 0.4) is 0 Å². The largest absolute Gasteiger partial charge is 0.357 e. The van der Waals surface area contributed by atoms with E-state index < -0.39 is 5.95 Å². The van der Waals surface area contributed by atoms with Gasteiger partial charge in [0.15, 0.2) is 0 Å². The molecule has 0 unspecified atom stereocenters. The third kappa shape index (κ3) is 0.897. The molecule has 12 heavy (non-hydrogen) atoms. The first-order valence-electron chi connectivity index (χ1n) is 3.79. The molecule has 0 aliphatic carbocycles. The molecule has 0 fully saturated rings. The summed E-state index contributed by atoms with van der Waals surface area (Å²) in [7, 11) is 0. The van der Waals surface area contributed by atoms with Gasteiger partial charge in [0.25, 0.3) is 0 Å². The van der Waals surface area contributed by atoms with E-state index >= 15 is 0 Å². The van der Waals surface area contributed by atoms with Gasteiger partial charge in [0.2, 0.25) is 5.95 Å². The van der Waals surface area contributed by atoms with E-state index in [1.807, 2.05) is 13.8 Å². The van der Waals surface area contributed by atoms with Crippen LogP contribution in [0.2, 0.25) is 0 Å². The molecule has 0 radical (unpaired) electrons. The van der Waals surface area contributed by atoms with Gasteiger partial charge in [0.05, 0.1) is 11.7 Å². The van der Waals surface area contributed by atoms with E-state index in [4.69, 9.17) is 0 Å². The smallest absolute Gasteiger partial charge is 0.213 e. The lowest BCUT2D eigenvalue weighted by atomic mass is 10.2. The lowest BCUT2D eigenvalue weighted by Crippen LogP contribution is -1.80. The second-order valence-electron chi connectivity index (χ2n) is 2.93. The van der Waals surface area contributed by atoms with Crippen LogP contribution in [0.5, 0.6) is 0 Å². The number of hydrogen-bond donors (Lipinski definition) is 1. The molecule has 2 aromatic heterocycles. The highest BCUT2D eigenvalue weighted by Gasteiger charge is 2.04. The Hall–Kier alpha value is -1.38. The van der Waals surface area contributed by atoms with Crippen LogP contribution >= 0.6 is 0 Å². The minimum absolute atomic E-state index is 0.426. The van der Waals surface area contributed by atoms with Crippen molar-refractivity contribution in [3.05, 3.63) is 29.5 Å². The molecule has 2 nitrogen and oxygen atoms in total. The minimum atomic E-state index is -0.426. The molecular weight excluding hydrogens is 155 g/mol. The van der Waals surface area contributed by atoms with E-state index in [2.05, 4.69) is 9.97 Å². The van der Waals surface area contributed by atoms with Crippen LogP contribution in [-0.2, 0) is 0 Å². The fourth-order valence-electron chi connectivity index (χ4n) is 1.34. The molecule has 0 saturated heterocycles. The molecule has 0 aromatic carbocycles. The van der Waals surface area contributed by atoms with E-state index in [1.165, 1.54) is 12.3 Å². The van der Waals surface area contributed by atoms with Gasteiger partial charge < -0.3 is 4.98 Å². The number of rotatable bonds is 0. The first-order valence-corrected chi connectivity index (χ1v) is 3.79. The molecule has 0 saturated carbocycles. The molecule has 62 valence electrons. The molecule has 0 amide bonds. The van der Waals surface area contributed by atoms with Crippen molar-refractivity contribution in [2.75, 3.05) is 0 Å². The zero-order chi connectivity index (χ0) is 8.72. The molecule has 0 spiro atoms. The number of halogens is 1. The van der Waals surface area contributed by atoms with Gasteiger partial charge in [-0.3, -0.25) is 0 Å². The third-order valence-electron chi connectivity index (χ3n) is 2.16. The fraction of sp³-hybridized carbons (Fsp3) is 0.222. The Morgan fingerprint density at radius 1 is 1.42 bits per heavy atom. The summed E-state index contributed by atoms with van der Waals surface area (Å²) in [5.74, 6) is -0.426. The molecule has 2 aromatic rings. The van der Waals surface area contributed by atoms with Gasteiger partial charge in [-0.05, 0) is 19.4 Å². The van der Waals surface area contributed by atoms with Crippen LogP contribution in [0.1, 0.15) is 11.3 Å². The van der Waals surface area contributed by atoms with Gasteiger partial charge in [-0.2, -0.15) is 4.39 Å². The van der Waals surface area contributed by atoms with Crippen molar-refractivity contribution < 1.29 is 4.39 Å². The second kappa shape index (κ2) is 2.30. The van der Waals surface area contributed by atoms with E-state index in [0.29, 0.717) is 0 Å². The van der Waals surface area contributed by atoms with Gasteiger partial charge in [0, 0.05) is 17.1 Å². The summed E-state index contributed by atoms with van der Waals surface area (Å²) >= 11 is 0. The Bertz CT molecular complexity index is 431. The lowest BCUT2D eigenvalue weighted by molar-refractivity contribution is 0.586. The SMILES string of the molecule is Cc1[nH]c2cnc(F)cc2c1C. The van der Waals surface area contributed by atoms with Crippen LogP contribution < -0.4 is 0 Å². The summed E-state index contributed by atoms with van der Waals surface area (Å²) in [5, 5.41) is 0.917. The number of fused-ring (bicyclic) bond motifs is 1. The van der Waals surface area contributed by atoms with Crippen molar-refractivity contribution >= 4 is 10.9 Å². The molecule has 1 N–H and O–H groups in total. The Morgan fingerprint density at radius 3 is 2.92 bits per heavy atom. The quantitative estimate of drug-likeness (QED) is 0.595. The average molecular weight is 164 g/mol. The maximum atomic E-state index is 12.7. The fourth-order valence-corrected chi connectivity index (χ4v) is 1.34. The van der Waals surface area contributed by atoms with E-state index in [1.54, 1.807) is 0 Å². The van der Waals surface area contributed by atoms with Crippen LogP contribution in [0.25, 0.3) is 10.9 Å². The molecule has 0 aliphatic rings. The number of pyridine rings is 1. The lowest BCUT2D eigenvalue weighted by Gasteiger charge is -1.90. The van der Waals surface area contributed by atoms with Crippen molar-refractivity contribution in [3.63, 3.8) is 0 Å². The zero-order valence-electron chi connectivity index (χ0n) is 6.98. The topological polar surface area (TPSA) is 28.7 Å². The van der Waals surface area contributed by atoms with Crippen molar-refractivity contribution in [2.45, 2.75) is 13.8 Å². The Labute approximate surface area is 69.4 Å². The normalized spacial score (nSPS) is 10.9. The van der Waals surface area contributed by atoms with Crippen molar-refractivity contribution in [2.24, 2.45) is 0 Å². The summed E-state index contributed by atoms with van der Waals surface area (Å²) in [4.78, 5) is 6.69. The van der Waals surface area contributed by atoms with Crippen molar-refractivity contribution in [3.8, 4) is 0 Å². The highest BCUT2D eigenvalue weighted by Crippen LogP contribution is 2.20. The molecule has 3 heteroatoms. The number of aromatic amines is 1. The highest BCUT2D eigenvalue weighted by molar-refractivity contribution is 5.83. The van der Waals surface area contributed by atoms with Crippen molar-refractivity contribution in [1.82, 2.24) is 9.97 Å². The van der Waals surface area contributed by atoms with Gasteiger partial charge in [-0.1, -0.05) is 0 Å². The van der Waals surface area contributed by atoms with Gasteiger partial charge >= 0.3 is 0 Å². The van der Waals surface area contributed by atoms with Gasteiger partial charge in [-0.25, -0.2) is 4.98 Å². The first kappa shape index (κ1) is 7.28. The second-order valence-corrected chi connectivity index (χ2v) is 2.93. The number of aryl methyl sites for hydroxylation is 2. The number of aromatic nitrogens is 2. The monoisotopic (exact) mass is 164 g/mol. The predicted molar refractivity (Wildman–Crippen MR) is 45.5 cm³/mol. The Kier molecular flexibility index (Phi) is 1.40. The summed E-state index contributed by atoms with van der Waals surface area (Å²) in [5.41, 5.74) is 3.05. The number of nitrogens with one attached hydrogen (secondary N) is 1. The Morgan fingerprint density at radius 2 is 2.17 bits per heavy atom. The minimum Gasteiger partial charge on any atom is -0.357 e. The summed E-state index contributed by atoms with van der Waals surface area (Å²) in [6.07, 6.45) is 1.52.